The highest BCUT2D eigenvalue weighted by molar-refractivity contribution is 5.25. The predicted octanol–water partition coefficient (Wildman–Crippen LogP) is 8.02. The van der Waals surface area contributed by atoms with E-state index in [4.69, 9.17) is 0 Å². The van der Waals surface area contributed by atoms with E-state index in [1.807, 2.05) is 0 Å². The summed E-state index contributed by atoms with van der Waals surface area (Å²) in [5, 5.41) is 10.2. The topological polar surface area (TPSA) is 20.2 Å². The van der Waals surface area contributed by atoms with Crippen molar-refractivity contribution in [2.45, 2.75) is 118 Å². The van der Waals surface area contributed by atoms with Gasteiger partial charge < -0.3 is 5.11 Å². The molecule has 1 heteroatoms. The molecule has 0 aromatic heterocycles. The lowest BCUT2D eigenvalue weighted by Crippen LogP contribution is -2.50. The minimum atomic E-state index is -0.0794. The lowest BCUT2D eigenvalue weighted by Gasteiger charge is -2.58. The first-order valence-corrected chi connectivity index (χ1v) is 13.6. The van der Waals surface area contributed by atoms with Crippen LogP contribution in [-0.4, -0.2) is 11.2 Å². The summed E-state index contributed by atoms with van der Waals surface area (Å²) in [5.74, 6) is 6.31. The number of aliphatic hydroxyl groups is 1. The van der Waals surface area contributed by atoms with Crippen LogP contribution in [0.4, 0.5) is 0 Å². The maximum Gasteiger partial charge on any atom is 0.0577 e. The number of aliphatic hydroxyl groups excluding tert-OH is 1. The molecule has 3 fully saturated rings. The third kappa shape index (κ3) is 3.74. The van der Waals surface area contributed by atoms with E-state index in [0.717, 1.165) is 54.3 Å². The van der Waals surface area contributed by atoms with Crippen LogP contribution in [0.25, 0.3) is 0 Å². The predicted molar refractivity (Wildman–Crippen MR) is 128 cm³/mol. The molecule has 0 aromatic rings. The first kappa shape index (κ1) is 22.9. The van der Waals surface area contributed by atoms with Gasteiger partial charge in [-0.3, -0.25) is 0 Å². The van der Waals surface area contributed by atoms with E-state index >= 15 is 0 Å². The van der Waals surface area contributed by atoms with Crippen LogP contribution in [0.5, 0.6) is 0 Å². The van der Waals surface area contributed by atoms with Crippen LogP contribution in [-0.2, 0) is 0 Å². The van der Waals surface area contributed by atoms with Crippen molar-refractivity contribution < 1.29 is 5.11 Å². The molecule has 4 aliphatic rings. The molecular weight excluding hydrogens is 364 g/mol. The Morgan fingerprint density at radius 2 is 1.73 bits per heavy atom. The summed E-state index contributed by atoms with van der Waals surface area (Å²) in [5.41, 5.74) is 2.59. The molecule has 10 unspecified atom stereocenters. The smallest absolute Gasteiger partial charge is 0.0577 e. The van der Waals surface area contributed by atoms with Crippen LogP contribution >= 0.6 is 0 Å². The van der Waals surface area contributed by atoms with E-state index in [2.05, 4.69) is 47.6 Å². The Morgan fingerprint density at radius 3 is 2.47 bits per heavy atom. The number of fused-ring (bicyclic) bond motifs is 5. The van der Waals surface area contributed by atoms with E-state index < -0.39 is 0 Å². The molecule has 4 aliphatic carbocycles. The van der Waals surface area contributed by atoms with Gasteiger partial charge in [-0.05, 0) is 104 Å². The molecular formula is C29H50O. The highest BCUT2D eigenvalue weighted by atomic mass is 16.3. The second-order valence-electron chi connectivity index (χ2n) is 12.8. The summed E-state index contributed by atoms with van der Waals surface area (Å²) in [6, 6.07) is 0. The summed E-state index contributed by atoms with van der Waals surface area (Å²) in [6.45, 7) is 15.1. The Morgan fingerprint density at radius 1 is 0.967 bits per heavy atom. The fourth-order valence-corrected chi connectivity index (χ4v) is 9.03. The lowest BCUT2D eigenvalue weighted by molar-refractivity contribution is -0.0575. The summed E-state index contributed by atoms with van der Waals surface area (Å²) in [4.78, 5) is 0. The van der Waals surface area contributed by atoms with Crippen molar-refractivity contribution in [1.82, 2.24) is 0 Å². The number of hydrogen-bond donors (Lipinski definition) is 1. The molecule has 0 spiro atoms. The van der Waals surface area contributed by atoms with E-state index in [0.29, 0.717) is 10.8 Å². The van der Waals surface area contributed by atoms with Gasteiger partial charge in [0.15, 0.2) is 0 Å². The highest BCUT2D eigenvalue weighted by Gasteiger charge is 2.59. The Kier molecular flexibility index (Phi) is 6.53. The third-order valence-corrected chi connectivity index (χ3v) is 11.5. The average Bonchev–Trinajstić information content (AvgIpc) is 3.09. The van der Waals surface area contributed by atoms with E-state index in [-0.39, 0.29) is 6.10 Å². The normalized spacial score (nSPS) is 46.2. The van der Waals surface area contributed by atoms with Crippen molar-refractivity contribution in [3.63, 3.8) is 0 Å². The van der Waals surface area contributed by atoms with E-state index in [1.54, 1.807) is 5.57 Å². The van der Waals surface area contributed by atoms with Crippen LogP contribution < -0.4 is 0 Å². The maximum absolute atomic E-state index is 10.2. The van der Waals surface area contributed by atoms with Crippen LogP contribution in [0.2, 0.25) is 0 Å². The van der Waals surface area contributed by atoms with Crippen molar-refractivity contribution in [2.75, 3.05) is 0 Å². The molecule has 3 saturated carbocycles. The molecule has 172 valence electrons. The number of rotatable bonds is 6. The molecule has 0 aromatic carbocycles. The van der Waals surface area contributed by atoms with Gasteiger partial charge in [-0.1, -0.05) is 72.5 Å². The van der Waals surface area contributed by atoms with Crippen LogP contribution in [0, 0.1) is 52.3 Å². The molecule has 0 bridgehead atoms. The molecule has 1 N–H and O–H groups in total. The first-order valence-electron chi connectivity index (χ1n) is 13.6. The summed E-state index contributed by atoms with van der Waals surface area (Å²) < 4.78 is 0. The van der Waals surface area contributed by atoms with Crippen LogP contribution in [0.3, 0.4) is 0 Å². The molecule has 30 heavy (non-hydrogen) atoms. The fraction of sp³-hybridized carbons (Fsp3) is 0.931. The molecule has 1 nitrogen and oxygen atoms in total. The number of allylic oxidation sites excluding steroid dienone is 1. The van der Waals surface area contributed by atoms with Crippen LogP contribution in [0.15, 0.2) is 11.6 Å². The molecule has 0 aliphatic heterocycles. The van der Waals surface area contributed by atoms with Gasteiger partial charge in [0.1, 0.15) is 0 Å². The standard InChI is InChI=1S/C29H50O/c1-7-19(2)20(3)8-9-21(4)25-12-13-26-24-11-10-22-18-23(30)14-16-28(22,5)27(24)15-17-29(25,26)6/h10,19-21,23-27,30H,7-9,11-18H2,1-6H3. The van der Waals surface area contributed by atoms with Gasteiger partial charge in [0.05, 0.1) is 6.10 Å². The highest BCUT2D eigenvalue weighted by Crippen LogP contribution is 2.67. The Balaban J connectivity index is 1.46. The van der Waals surface area contributed by atoms with Crippen molar-refractivity contribution >= 4 is 0 Å². The van der Waals surface area contributed by atoms with Crippen molar-refractivity contribution in [1.29, 1.82) is 0 Å². The van der Waals surface area contributed by atoms with Gasteiger partial charge >= 0.3 is 0 Å². The Hall–Kier alpha value is -0.300. The first-order chi connectivity index (χ1) is 14.2. The Bertz CT molecular complexity index is 636. The Labute approximate surface area is 187 Å². The number of hydrogen-bond acceptors (Lipinski definition) is 1. The monoisotopic (exact) mass is 414 g/mol. The van der Waals surface area contributed by atoms with E-state index in [9.17, 15) is 5.11 Å². The fourth-order valence-electron chi connectivity index (χ4n) is 9.03. The minimum Gasteiger partial charge on any atom is -0.393 e. The average molecular weight is 415 g/mol. The zero-order chi connectivity index (χ0) is 21.7. The van der Waals surface area contributed by atoms with Crippen molar-refractivity contribution in [2.24, 2.45) is 52.3 Å². The summed E-state index contributed by atoms with van der Waals surface area (Å²) >= 11 is 0. The molecule has 4 rings (SSSR count). The minimum absolute atomic E-state index is 0.0794. The second-order valence-corrected chi connectivity index (χ2v) is 12.8. The summed E-state index contributed by atoms with van der Waals surface area (Å²) in [7, 11) is 0. The largest absolute Gasteiger partial charge is 0.393 e. The molecule has 0 heterocycles. The van der Waals surface area contributed by atoms with Gasteiger partial charge in [0, 0.05) is 0 Å². The van der Waals surface area contributed by atoms with Gasteiger partial charge in [0.2, 0.25) is 0 Å². The van der Waals surface area contributed by atoms with Gasteiger partial charge in [-0.25, -0.2) is 0 Å². The zero-order valence-corrected chi connectivity index (χ0v) is 20.9. The molecule has 10 atom stereocenters. The van der Waals surface area contributed by atoms with E-state index in [1.165, 1.54) is 57.8 Å². The quantitative estimate of drug-likeness (QED) is 0.436. The van der Waals surface area contributed by atoms with Crippen molar-refractivity contribution in [3.8, 4) is 0 Å². The van der Waals surface area contributed by atoms with Gasteiger partial charge in [-0.15, -0.1) is 0 Å². The summed E-state index contributed by atoms with van der Waals surface area (Å²) in [6.07, 6.45) is 17.1. The van der Waals surface area contributed by atoms with Gasteiger partial charge in [-0.2, -0.15) is 0 Å². The second kappa shape index (κ2) is 8.57. The zero-order valence-electron chi connectivity index (χ0n) is 20.9. The van der Waals surface area contributed by atoms with Crippen LogP contribution in [0.1, 0.15) is 112 Å². The molecule has 0 radical (unpaired) electrons. The van der Waals surface area contributed by atoms with Crippen molar-refractivity contribution in [3.05, 3.63) is 11.6 Å². The SMILES string of the molecule is CCC(C)C(C)CCC(C)C1CCC2C3CC=C4CC(O)CCC4(C)C3CCC12C. The molecule has 0 amide bonds. The third-order valence-electron chi connectivity index (χ3n) is 11.5. The molecule has 0 saturated heterocycles. The lowest BCUT2D eigenvalue weighted by atomic mass is 9.47. The van der Waals surface area contributed by atoms with Gasteiger partial charge in [0.25, 0.3) is 0 Å². The maximum atomic E-state index is 10.2.